The summed E-state index contributed by atoms with van der Waals surface area (Å²) in [4.78, 5) is 10.1. The second-order valence-corrected chi connectivity index (χ2v) is 9.31. The van der Waals surface area contributed by atoms with E-state index in [1.807, 2.05) is 30.5 Å². The minimum Gasteiger partial charge on any atom is -0.419 e. The van der Waals surface area contributed by atoms with Crippen LogP contribution in [0.4, 0.5) is 9.52 Å². The molecular formula is C24H22FN7OS. The highest BCUT2D eigenvalue weighted by Crippen LogP contribution is 2.28. The zero-order chi connectivity index (χ0) is 23.1. The van der Waals surface area contributed by atoms with Crippen LogP contribution in [0.1, 0.15) is 11.5 Å². The molecule has 4 heterocycles. The molecule has 8 nitrogen and oxygen atoms in total. The van der Waals surface area contributed by atoms with Gasteiger partial charge in [0.1, 0.15) is 5.82 Å². The first-order valence-corrected chi connectivity index (χ1v) is 11.9. The number of aryl methyl sites for hydroxylation is 1. The van der Waals surface area contributed by atoms with Gasteiger partial charge in [-0.1, -0.05) is 29.0 Å². The van der Waals surface area contributed by atoms with Crippen molar-refractivity contribution in [3.05, 3.63) is 72.0 Å². The van der Waals surface area contributed by atoms with Crippen LogP contribution in [-0.2, 0) is 6.54 Å². The van der Waals surface area contributed by atoms with Crippen LogP contribution in [0.5, 0.6) is 0 Å². The minimum atomic E-state index is -0.255. The number of nitrogens with zero attached hydrogens (tertiary/aromatic N) is 7. The van der Waals surface area contributed by atoms with E-state index in [9.17, 15) is 4.39 Å². The molecule has 1 saturated heterocycles. The summed E-state index contributed by atoms with van der Waals surface area (Å²) in [5.74, 6) is 0.931. The molecule has 0 saturated carbocycles. The molecule has 10 heteroatoms. The van der Waals surface area contributed by atoms with Crippen molar-refractivity contribution in [2.45, 2.75) is 13.5 Å². The van der Waals surface area contributed by atoms with Crippen LogP contribution in [0.15, 0.2) is 59.1 Å². The van der Waals surface area contributed by atoms with Crippen LogP contribution < -0.4 is 4.90 Å². The SMILES string of the molecule is Cc1ccc(-c2nnc(CN3CCN(c4nn5cc(-c6ccc(F)cc6)nc5s4)CC3)o2)cc1. The van der Waals surface area contributed by atoms with Crippen molar-refractivity contribution in [1.82, 2.24) is 29.7 Å². The molecule has 0 spiro atoms. The van der Waals surface area contributed by atoms with Crippen molar-refractivity contribution in [2.24, 2.45) is 0 Å². The number of hydrogen-bond donors (Lipinski definition) is 0. The number of aromatic nitrogens is 5. The van der Waals surface area contributed by atoms with Crippen molar-refractivity contribution in [2.75, 3.05) is 31.1 Å². The molecule has 0 radical (unpaired) electrons. The highest BCUT2D eigenvalue weighted by Gasteiger charge is 2.22. The van der Waals surface area contributed by atoms with Crippen molar-refractivity contribution >= 4 is 21.4 Å². The Balaban J connectivity index is 1.08. The third kappa shape index (κ3) is 4.17. The van der Waals surface area contributed by atoms with Crippen LogP contribution in [0.3, 0.4) is 0 Å². The zero-order valence-electron chi connectivity index (χ0n) is 18.6. The van der Waals surface area contributed by atoms with Gasteiger partial charge in [-0.2, -0.15) is 0 Å². The Bertz CT molecular complexity index is 1380. The Morgan fingerprint density at radius 2 is 1.68 bits per heavy atom. The normalized spacial score (nSPS) is 14.8. The molecule has 1 aliphatic rings. The van der Waals surface area contributed by atoms with Gasteiger partial charge in [0.2, 0.25) is 21.9 Å². The van der Waals surface area contributed by atoms with E-state index in [1.165, 1.54) is 17.7 Å². The van der Waals surface area contributed by atoms with Crippen LogP contribution in [0.25, 0.3) is 27.7 Å². The first-order chi connectivity index (χ1) is 16.6. The summed E-state index contributed by atoms with van der Waals surface area (Å²) >= 11 is 1.56. The average Bonchev–Trinajstić information content (AvgIpc) is 3.56. The van der Waals surface area contributed by atoms with E-state index >= 15 is 0 Å². The van der Waals surface area contributed by atoms with Crippen LogP contribution in [0.2, 0.25) is 0 Å². The van der Waals surface area contributed by atoms with Gasteiger partial charge in [-0.25, -0.2) is 13.9 Å². The van der Waals surface area contributed by atoms with Gasteiger partial charge >= 0.3 is 0 Å². The number of fused-ring (bicyclic) bond motifs is 1. The topological polar surface area (TPSA) is 75.6 Å². The van der Waals surface area contributed by atoms with Gasteiger partial charge in [0.15, 0.2) is 0 Å². The van der Waals surface area contributed by atoms with Gasteiger partial charge in [0, 0.05) is 37.3 Å². The fourth-order valence-electron chi connectivity index (χ4n) is 4.00. The molecule has 172 valence electrons. The lowest BCUT2D eigenvalue weighted by molar-refractivity contribution is 0.227. The lowest BCUT2D eigenvalue weighted by Gasteiger charge is -2.33. The molecule has 2 aromatic carbocycles. The van der Waals surface area contributed by atoms with Crippen molar-refractivity contribution in [1.29, 1.82) is 0 Å². The molecule has 5 aromatic rings. The van der Waals surface area contributed by atoms with Crippen LogP contribution in [-0.4, -0.2) is 55.9 Å². The van der Waals surface area contributed by atoms with Gasteiger partial charge in [-0.05, 0) is 43.3 Å². The molecular weight excluding hydrogens is 453 g/mol. The molecule has 1 fully saturated rings. The number of hydrogen-bond acceptors (Lipinski definition) is 8. The Kier molecular flexibility index (Phi) is 5.31. The van der Waals surface area contributed by atoms with Gasteiger partial charge in [0.05, 0.1) is 18.4 Å². The fraction of sp³-hybridized carbons (Fsp3) is 0.250. The highest BCUT2D eigenvalue weighted by atomic mass is 32.1. The summed E-state index contributed by atoms with van der Waals surface area (Å²) in [7, 11) is 0. The summed E-state index contributed by atoms with van der Waals surface area (Å²) in [5, 5.41) is 14.1. The summed E-state index contributed by atoms with van der Waals surface area (Å²) in [5.41, 5.74) is 3.80. The largest absolute Gasteiger partial charge is 0.419 e. The maximum absolute atomic E-state index is 13.2. The van der Waals surface area contributed by atoms with E-state index in [0.29, 0.717) is 18.3 Å². The van der Waals surface area contributed by atoms with Crippen LogP contribution in [0, 0.1) is 12.7 Å². The predicted octanol–water partition coefficient (Wildman–Crippen LogP) is 4.28. The van der Waals surface area contributed by atoms with Gasteiger partial charge in [-0.3, -0.25) is 4.90 Å². The highest BCUT2D eigenvalue weighted by molar-refractivity contribution is 7.20. The van der Waals surface area contributed by atoms with Gasteiger partial charge in [-0.15, -0.1) is 15.3 Å². The van der Waals surface area contributed by atoms with Gasteiger partial charge < -0.3 is 9.32 Å². The van der Waals surface area contributed by atoms with E-state index < -0.39 is 0 Å². The summed E-state index contributed by atoms with van der Waals surface area (Å²) < 4.78 is 20.9. The van der Waals surface area contributed by atoms with Gasteiger partial charge in [0.25, 0.3) is 0 Å². The summed E-state index contributed by atoms with van der Waals surface area (Å²) in [6.45, 7) is 6.17. The monoisotopic (exact) mass is 475 g/mol. The zero-order valence-corrected chi connectivity index (χ0v) is 19.4. The fourth-order valence-corrected chi connectivity index (χ4v) is 4.93. The Morgan fingerprint density at radius 3 is 2.41 bits per heavy atom. The van der Waals surface area contributed by atoms with E-state index in [-0.39, 0.29) is 5.82 Å². The molecule has 3 aromatic heterocycles. The number of piperazine rings is 1. The minimum absolute atomic E-state index is 0.255. The molecule has 1 aliphatic heterocycles. The third-order valence-electron chi connectivity index (χ3n) is 5.94. The second kappa shape index (κ2) is 8.62. The Morgan fingerprint density at radius 1 is 0.941 bits per heavy atom. The lowest BCUT2D eigenvalue weighted by Crippen LogP contribution is -2.46. The lowest BCUT2D eigenvalue weighted by atomic mass is 10.1. The molecule has 34 heavy (non-hydrogen) atoms. The predicted molar refractivity (Wildman–Crippen MR) is 128 cm³/mol. The number of anilines is 1. The number of benzene rings is 2. The number of imidazole rings is 1. The molecule has 0 unspecified atom stereocenters. The Hall–Kier alpha value is -3.63. The first kappa shape index (κ1) is 20.9. The van der Waals surface area contributed by atoms with E-state index in [0.717, 1.165) is 53.1 Å². The van der Waals surface area contributed by atoms with E-state index in [4.69, 9.17) is 9.52 Å². The van der Waals surface area contributed by atoms with E-state index in [1.54, 1.807) is 28.0 Å². The number of rotatable bonds is 5. The van der Waals surface area contributed by atoms with Crippen molar-refractivity contribution in [3.63, 3.8) is 0 Å². The molecule has 6 rings (SSSR count). The molecule has 0 bridgehead atoms. The third-order valence-corrected chi connectivity index (χ3v) is 6.92. The molecule has 0 atom stereocenters. The molecule has 0 N–H and O–H groups in total. The first-order valence-electron chi connectivity index (χ1n) is 11.1. The van der Waals surface area contributed by atoms with E-state index in [2.05, 4.69) is 31.9 Å². The summed E-state index contributed by atoms with van der Waals surface area (Å²) in [6.07, 6.45) is 1.89. The van der Waals surface area contributed by atoms with Crippen molar-refractivity contribution < 1.29 is 8.81 Å². The molecule has 0 aliphatic carbocycles. The standard InChI is InChI=1S/C24H22FN7OS/c1-16-2-4-18(5-3-16)22-28-27-21(33-22)15-30-10-12-31(13-11-30)24-29-32-14-20(26-23(32)34-24)17-6-8-19(25)9-7-17/h2-9,14H,10-13,15H2,1H3. The average molecular weight is 476 g/mol. The smallest absolute Gasteiger partial charge is 0.247 e. The van der Waals surface area contributed by atoms with Crippen molar-refractivity contribution in [3.8, 4) is 22.7 Å². The quantitative estimate of drug-likeness (QED) is 0.376. The summed E-state index contributed by atoms with van der Waals surface area (Å²) in [6, 6.07) is 14.4. The molecule has 0 amide bonds. The maximum Gasteiger partial charge on any atom is 0.247 e. The van der Waals surface area contributed by atoms with Crippen LogP contribution >= 0.6 is 11.3 Å². The number of halogens is 1. The maximum atomic E-state index is 13.2. The second-order valence-electron chi connectivity index (χ2n) is 8.37. The Labute approximate surface area is 199 Å².